The van der Waals surface area contributed by atoms with Crippen molar-refractivity contribution in [2.24, 2.45) is 5.41 Å². The van der Waals surface area contributed by atoms with E-state index in [1.54, 1.807) is 16.6 Å². The summed E-state index contributed by atoms with van der Waals surface area (Å²) in [6, 6.07) is 8.39. The first-order chi connectivity index (χ1) is 19.4. The molecular formula is C31H38FN5O3S. The second-order valence-electron chi connectivity index (χ2n) is 12.3. The van der Waals surface area contributed by atoms with E-state index in [2.05, 4.69) is 23.7 Å². The van der Waals surface area contributed by atoms with Gasteiger partial charge in [-0.2, -0.15) is 9.61 Å². The third-order valence-corrected chi connectivity index (χ3v) is 8.97. The number of halogens is 1. The highest BCUT2D eigenvalue weighted by molar-refractivity contribution is 7.15. The highest BCUT2D eigenvalue weighted by Crippen LogP contribution is 2.40. The van der Waals surface area contributed by atoms with Crippen LogP contribution in [0.5, 0.6) is 0 Å². The van der Waals surface area contributed by atoms with Gasteiger partial charge in [-0.3, -0.25) is 0 Å². The normalized spacial score (nSPS) is 16.3. The molecule has 0 spiro atoms. The average molecular weight is 580 g/mol. The van der Waals surface area contributed by atoms with E-state index in [1.807, 2.05) is 40.0 Å². The van der Waals surface area contributed by atoms with Gasteiger partial charge in [0.2, 0.25) is 0 Å². The summed E-state index contributed by atoms with van der Waals surface area (Å²) in [5.41, 5.74) is 3.02. The zero-order valence-electron chi connectivity index (χ0n) is 24.6. The Bertz CT molecular complexity index is 1550. The summed E-state index contributed by atoms with van der Waals surface area (Å²) >= 11 is 1.53. The van der Waals surface area contributed by atoms with Crippen molar-refractivity contribution in [1.82, 2.24) is 19.6 Å². The number of hydrogen-bond acceptors (Lipinski definition) is 7. The van der Waals surface area contributed by atoms with Crippen LogP contribution in [0.25, 0.3) is 16.3 Å². The maximum atomic E-state index is 13.3. The standard InChI is InChI=1S/C31H38FN5O3S/c1-7-31(6)12-14-36(15-13-31)28-25(26(29(38)39)40-30(3,4)5)19(2)34-24-17-23(35-37(24)28)27-33-18-22(41-27)16-20-8-10-21(32)11-9-20/h8-11,17-18,26H,7,12-16H2,1-6H3,(H,38,39). The number of aryl methyl sites for hydroxylation is 1. The monoisotopic (exact) mass is 579 g/mol. The van der Waals surface area contributed by atoms with Crippen molar-refractivity contribution in [2.75, 3.05) is 18.0 Å². The van der Waals surface area contributed by atoms with Gasteiger partial charge < -0.3 is 14.7 Å². The Morgan fingerprint density at radius 2 is 1.90 bits per heavy atom. The van der Waals surface area contributed by atoms with Gasteiger partial charge >= 0.3 is 5.97 Å². The third kappa shape index (κ3) is 6.28. The van der Waals surface area contributed by atoms with Gasteiger partial charge in [0, 0.05) is 42.3 Å². The van der Waals surface area contributed by atoms with Crippen LogP contribution in [0.1, 0.15) is 81.7 Å². The number of fused-ring (bicyclic) bond motifs is 1. The zero-order valence-corrected chi connectivity index (χ0v) is 25.4. The summed E-state index contributed by atoms with van der Waals surface area (Å²) in [4.78, 5) is 25.3. The van der Waals surface area contributed by atoms with Crippen LogP contribution in [0.4, 0.5) is 10.2 Å². The van der Waals surface area contributed by atoms with Crippen molar-refractivity contribution in [3.05, 3.63) is 64.0 Å². The number of rotatable bonds is 8. The molecule has 1 unspecified atom stereocenters. The number of thiazole rings is 1. The molecule has 10 heteroatoms. The van der Waals surface area contributed by atoms with Gasteiger partial charge in [-0.05, 0) is 63.6 Å². The summed E-state index contributed by atoms with van der Waals surface area (Å²) in [5.74, 6) is -0.595. The molecule has 1 saturated heterocycles. The maximum absolute atomic E-state index is 13.3. The molecule has 0 amide bonds. The molecule has 41 heavy (non-hydrogen) atoms. The molecule has 0 aliphatic carbocycles. The first kappa shape index (κ1) is 29.1. The summed E-state index contributed by atoms with van der Waals surface area (Å²) in [5, 5.41) is 16.0. The van der Waals surface area contributed by atoms with Crippen molar-refractivity contribution < 1.29 is 19.0 Å². The maximum Gasteiger partial charge on any atom is 0.337 e. The van der Waals surface area contributed by atoms with Crippen molar-refractivity contribution in [1.29, 1.82) is 0 Å². The van der Waals surface area contributed by atoms with E-state index in [1.165, 1.54) is 23.5 Å². The number of anilines is 1. The number of piperidine rings is 1. The van der Waals surface area contributed by atoms with E-state index < -0.39 is 17.7 Å². The van der Waals surface area contributed by atoms with E-state index in [-0.39, 0.29) is 11.2 Å². The van der Waals surface area contributed by atoms with E-state index >= 15 is 0 Å². The first-order valence-corrected chi connectivity index (χ1v) is 14.9. The number of carboxylic acid groups (broad SMARTS) is 1. The van der Waals surface area contributed by atoms with Crippen LogP contribution in [-0.2, 0) is 16.0 Å². The summed E-state index contributed by atoms with van der Waals surface area (Å²) in [6.45, 7) is 13.5. The van der Waals surface area contributed by atoms with Gasteiger partial charge in [0.25, 0.3) is 0 Å². The summed E-state index contributed by atoms with van der Waals surface area (Å²) in [7, 11) is 0. The molecule has 218 valence electrons. The van der Waals surface area contributed by atoms with Gasteiger partial charge in [0.1, 0.15) is 22.3 Å². The fraction of sp³-hybridized carbons (Fsp3) is 0.484. The second-order valence-corrected chi connectivity index (χ2v) is 13.4. The molecule has 4 aromatic rings. The molecule has 1 fully saturated rings. The number of carboxylic acids is 1. The quantitative estimate of drug-likeness (QED) is 0.244. The Morgan fingerprint density at radius 3 is 2.51 bits per heavy atom. The van der Waals surface area contributed by atoms with Crippen molar-refractivity contribution in [3.8, 4) is 10.7 Å². The number of benzene rings is 1. The molecule has 0 radical (unpaired) electrons. The minimum absolute atomic E-state index is 0.253. The molecule has 8 nitrogen and oxygen atoms in total. The lowest BCUT2D eigenvalue weighted by molar-refractivity contribution is -0.160. The van der Waals surface area contributed by atoms with Gasteiger partial charge in [-0.25, -0.2) is 19.2 Å². The average Bonchev–Trinajstić information content (AvgIpc) is 3.55. The Hall–Kier alpha value is -3.37. The van der Waals surface area contributed by atoms with E-state index in [0.29, 0.717) is 29.0 Å². The summed E-state index contributed by atoms with van der Waals surface area (Å²) < 4.78 is 21.2. The van der Waals surface area contributed by atoms with Gasteiger partial charge in [-0.15, -0.1) is 11.3 Å². The lowest BCUT2D eigenvalue weighted by atomic mass is 9.78. The molecule has 1 aromatic carbocycles. The lowest BCUT2D eigenvalue weighted by Crippen LogP contribution is -2.41. The van der Waals surface area contributed by atoms with Crippen LogP contribution in [0, 0.1) is 18.2 Å². The van der Waals surface area contributed by atoms with Crippen molar-refractivity contribution in [3.63, 3.8) is 0 Å². The van der Waals surface area contributed by atoms with Gasteiger partial charge in [-0.1, -0.05) is 32.4 Å². The number of ether oxygens (including phenoxy) is 1. The molecule has 0 bridgehead atoms. The zero-order chi connectivity index (χ0) is 29.5. The number of aromatic nitrogens is 4. The van der Waals surface area contributed by atoms with Gasteiger partial charge in [0.15, 0.2) is 11.8 Å². The minimum atomic E-state index is -1.20. The molecule has 1 atom stereocenters. The predicted molar refractivity (Wildman–Crippen MR) is 159 cm³/mol. The van der Waals surface area contributed by atoms with Crippen LogP contribution < -0.4 is 4.90 Å². The van der Waals surface area contributed by atoms with Crippen LogP contribution in [0.3, 0.4) is 0 Å². The fourth-order valence-corrected chi connectivity index (χ4v) is 6.24. The Kier molecular flexibility index (Phi) is 7.91. The molecule has 1 aliphatic heterocycles. The van der Waals surface area contributed by atoms with Crippen LogP contribution >= 0.6 is 11.3 Å². The topological polar surface area (TPSA) is 92.8 Å². The number of carbonyl (C=O) groups is 1. The molecule has 1 N–H and O–H groups in total. The van der Waals surface area contributed by atoms with Crippen molar-refractivity contribution >= 4 is 28.8 Å². The predicted octanol–water partition coefficient (Wildman–Crippen LogP) is 6.85. The third-order valence-electron chi connectivity index (χ3n) is 7.95. The van der Waals surface area contributed by atoms with Crippen LogP contribution in [0.2, 0.25) is 0 Å². The highest BCUT2D eigenvalue weighted by Gasteiger charge is 2.37. The Morgan fingerprint density at radius 1 is 1.22 bits per heavy atom. The first-order valence-electron chi connectivity index (χ1n) is 14.1. The van der Waals surface area contributed by atoms with E-state index in [4.69, 9.17) is 14.8 Å². The van der Waals surface area contributed by atoms with E-state index in [0.717, 1.165) is 53.6 Å². The second kappa shape index (κ2) is 11.1. The lowest BCUT2D eigenvalue weighted by Gasteiger charge is -2.41. The molecule has 3 aromatic heterocycles. The SMILES string of the molecule is CCC1(C)CCN(c2c(C(OC(C)(C)C)C(=O)O)c(C)nc3cc(-c4ncc(Cc5ccc(F)cc5)s4)nn23)CC1. The largest absolute Gasteiger partial charge is 0.479 e. The van der Waals surface area contributed by atoms with Crippen molar-refractivity contribution in [2.45, 2.75) is 78.9 Å². The molecule has 4 heterocycles. The van der Waals surface area contributed by atoms with Crippen LogP contribution in [-0.4, -0.2) is 49.3 Å². The van der Waals surface area contributed by atoms with Gasteiger partial charge in [0.05, 0.1) is 11.2 Å². The number of aliphatic carboxylic acids is 1. The molecular weight excluding hydrogens is 541 g/mol. The highest BCUT2D eigenvalue weighted by atomic mass is 32.1. The number of hydrogen-bond donors (Lipinski definition) is 1. The Labute approximate surface area is 244 Å². The molecule has 5 rings (SSSR count). The number of nitrogens with zero attached hydrogens (tertiary/aromatic N) is 5. The Balaban J connectivity index is 1.59. The molecule has 1 aliphatic rings. The summed E-state index contributed by atoms with van der Waals surface area (Å²) in [6.07, 6.45) is 4.36. The van der Waals surface area contributed by atoms with Crippen LogP contribution in [0.15, 0.2) is 36.5 Å². The smallest absolute Gasteiger partial charge is 0.337 e. The van der Waals surface area contributed by atoms with E-state index in [9.17, 15) is 14.3 Å². The minimum Gasteiger partial charge on any atom is -0.479 e. The fourth-order valence-electron chi connectivity index (χ4n) is 5.34. The molecule has 0 saturated carbocycles.